The molecule has 2 aromatic rings. The summed E-state index contributed by atoms with van der Waals surface area (Å²) in [5.41, 5.74) is 5.05. The van der Waals surface area contributed by atoms with Gasteiger partial charge in [0.2, 0.25) is 0 Å². The molecule has 7 nitrogen and oxygen atoms in total. The molecule has 28 heavy (non-hydrogen) atoms. The number of benzene rings is 1. The Balaban J connectivity index is 1.85. The highest BCUT2D eigenvalue weighted by molar-refractivity contribution is 6.37. The van der Waals surface area contributed by atoms with Gasteiger partial charge in [-0.3, -0.25) is 9.36 Å². The summed E-state index contributed by atoms with van der Waals surface area (Å²) in [6, 6.07) is 2.60. The van der Waals surface area contributed by atoms with Crippen molar-refractivity contribution in [3.8, 4) is 0 Å². The number of nitrogens with zero attached hydrogens (tertiary/aromatic N) is 3. The third kappa shape index (κ3) is 2.97. The van der Waals surface area contributed by atoms with E-state index in [4.69, 9.17) is 23.2 Å². The number of hydrogen-bond donors (Lipinski definition) is 2. The monoisotopic (exact) mass is 413 g/mol. The molecule has 4 N–H and O–H groups in total. The summed E-state index contributed by atoms with van der Waals surface area (Å²) in [7, 11) is 0. The van der Waals surface area contributed by atoms with Crippen molar-refractivity contribution in [2.24, 2.45) is 11.7 Å². The molecule has 2 fully saturated rings. The number of aromatic nitrogens is 2. The van der Waals surface area contributed by atoms with Gasteiger partial charge in [0, 0.05) is 24.5 Å². The fraction of sp³-hybridized carbons (Fsp3) is 0.556. The van der Waals surface area contributed by atoms with E-state index in [1.54, 1.807) is 6.92 Å². The lowest BCUT2D eigenvalue weighted by Crippen LogP contribution is -2.44. The molecule has 2 heterocycles. The summed E-state index contributed by atoms with van der Waals surface area (Å²) in [5, 5.41) is 0.317. The lowest BCUT2D eigenvalue weighted by atomic mass is 9.97. The minimum absolute atomic E-state index is 0.0935. The van der Waals surface area contributed by atoms with Crippen molar-refractivity contribution in [1.29, 1.82) is 0 Å². The summed E-state index contributed by atoms with van der Waals surface area (Å²) in [4.78, 5) is 26.5. The maximum absolute atomic E-state index is 14.5. The van der Waals surface area contributed by atoms with Gasteiger partial charge >= 0.3 is 5.69 Å². The van der Waals surface area contributed by atoms with Crippen LogP contribution in [-0.2, 0) is 0 Å². The van der Waals surface area contributed by atoms with Gasteiger partial charge in [-0.05, 0) is 38.3 Å². The van der Waals surface area contributed by atoms with Gasteiger partial charge in [0.1, 0.15) is 0 Å². The summed E-state index contributed by atoms with van der Waals surface area (Å²) >= 11 is 6.58. The quantitative estimate of drug-likeness (QED) is 0.743. The average Bonchev–Trinajstić information content (AvgIpc) is 3.39. The summed E-state index contributed by atoms with van der Waals surface area (Å²) in [6.07, 6.45) is 1.73. The van der Waals surface area contributed by atoms with Gasteiger partial charge in [0.15, 0.2) is 0 Å². The van der Waals surface area contributed by atoms with Crippen molar-refractivity contribution < 1.29 is 8.78 Å². The van der Waals surface area contributed by atoms with Gasteiger partial charge in [-0.15, -0.1) is 0 Å². The normalized spacial score (nSPS) is 22.8. The number of anilines is 1. The zero-order valence-corrected chi connectivity index (χ0v) is 16.1. The first-order valence-corrected chi connectivity index (χ1v) is 9.62. The van der Waals surface area contributed by atoms with Gasteiger partial charge in [-0.1, -0.05) is 11.6 Å². The smallest absolute Gasteiger partial charge is 0.350 e. The second-order valence-electron chi connectivity index (χ2n) is 7.91. The van der Waals surface area contributed by atoms with Crippen LogP contribution in [0.3, 0.4) is 0 Å². The molecule has 1 aromatic carbocycles. The van der Waals surface area contributed by atoms with E-state index in [0.29, 0.717) is 10.4 Å². The maximum Gasteiger partial charge on any atom is 0.350 e. The van der Waals surface area contributed by atoms with Crippen LogP contribution in [0.1, 0.15) is 32.2 Å². The molecule has 0 spiro atoms. The molecule has 152 valence electrons. The fourth-order valence-electron chi connectivity index (χ4n) is 4.03. The van der Waals surface area contributed by atoms with Crippen molar-refractivity contribution in [3.63, 3.8) is 0 Å². The summed E-state index contributed by atoms with van der Waals surface area (Å²) in [5.74, 6) is 1.84. The second-order valence-corrected chi connectivity index (χ2v) is 8.28. The molecular weight excluding hydrogens is 392 g/mol. The molecule has 2 atom stereocenters. The summed E-state index contributed by atoms with van der Waals surface area (Å²) in [6.45, 7) is 1.31. The molecule has 1 aromatic heterocycles. The Morgan fingerprint density at radius 3 is 2.61 bits per heavy atom. The summed E-state index contributed by atoms with van der Waals surface area (Å²) < 4.78 is 30.9. The van der Waals surface area contributed by atoms with Crippen molar-refractivity contribution >= 4 is 28.2 Å². The molecule has 10 heteroatoms. The van der Waals surface area contributed by atoms with E-state index in [-0.39, 0.29) is 41.0 Å². The number of halogens is 3. The van der Waals surface area contributed by atoms with Gasteiger partial charge in [0.05, 0.1) is 28.2 Å². The molecule has 2 aliphatic rings. The Morgan fingerprint density at radius 2 is 2.00 bits per heavy atom. The van der Waals surface area contributed by atoms with E-state index < -0.39 is 29.6 Å². The van der Waals surface area contributed by atoms with Crippen LogP contribution in [0, 0.1) is 5.92 Å². The van der Waals surface area contributed by atoms with Gasteiger partial charge in [0.25, 0.3) is 11.5 Å². The van der Waals surface area contributed by atoms with Crippen LogP contribution >= 0.6 is 11.6 Å². The Morgan fingerprint density at radius 1 is 1.32 bits per heavy atom. The van der Waals surface area contributed by atoms with Gasteiger partial charge in [-0.2, -0.15) is 4.68 Å². The molecule has 1 saturated carbocycles. The van der Waals surface area contributed by atoms with Gasteiger partial charge < -0.3 is 16.5 Å². The largest absolute Gasteiger partial charge is 0.364 e. The number of fused-ring (bicyclic) bond motifs is 1. The standard InChI is InChI=1S/C18H22ClF2N5O2/c1-9(22)6-10-7-24(8-18(10,20)21)13-5-4-12-15(14(13)19)25(11-2-3-11)17(28)26(23)16(12)27/h4-5,9-11H,2-3,6-8,22-23H2,1H3. The van der Waals surface area contributed by atoms with Crippen LogP contribution in [0.2, 0.25) is 5.02 Å². The minimum Gasteiger partial charge on any atom is -0.364 e. The van der Waals surface area contributed by atoms with Crippen molar-refractivity contribution in [2.45, 2.75) is 44.2 Å². The van der Waals surface area contributed by atoms with Crippen LogP contribution < -0.4 is 27.7 Å². The number of hydrogen-bond acceptors (Lipinski definition) is 5. The molecule has 1 saturated heterocycles. The minimum atomic E-state index is -2.90. The molecule has 2 unspecified atom stereocenters. The Hall–Kier alpha value is -2.13. The van der Waals surface area contributed by atoms with E-state index in [0.717, 1.165) is 12.8 Å². The van der Waals surface area contributed by atoms with E-state index in [2.05, 4.69) is 0 Å². The van der Waals surface area contributed by atoms with Gasteiger partial charge in [-0.25, -0.2) is 13.6 Å². The zero-order chi connectivity index (χ0) is 20.4. The topological polar surface area (TPSA) is 99.3 Å². The average molecular weight is 414 g/mol. The highest BCUT2D eigenvalue weighted by Crippen LogP contribution is 2.43. The first-order chi connectivity index (χ1) is 13.1. The van der Waals surface area contributed by atoms with Crippen LogP contribution in [0.25, 0.3) is 10.9 Å². The van der Waals surface area contributed by atoms with Crippen LogP contribution in [-0.4, -0.2) is 34.3 Å². The molecule has 4 rings (SSSR count). The van der Waals surface area contributed by atoms with Crippen LogP contribution in [0.15, 0.2) is 21.7 Å². The van der Waals surface area contributed by atoms with Crippen molar-refractivity contribution in [2.75, 3.05) is 23.8 Å². The lowest BCUT2D eigenvalue weighted by Gasteiger charge is -2.22. The maximum atomic E-state index is 14.5. The third-order valence-corrected chi connectivity index (χ3v) is 5.92. The van der Waals surface area contributed by atoms with E-state index in [1.165, 1.54) is 21.6 Å². The van der Waals surface area contributed by atoms with Crippen LogP contribution in [0.5, 0.6) is 0 Å². The van der Waals surface area contributed by atoms with Crippen molar-refractivity contribution in [3.05, 3.63) is 38.0 Å². The molecule has 0 amide bonds. The van der Waals surface area contributed by atoms with E-state index >= 15 is 0 Å². The highest BCUT2D eigenvalue weighted by atomic mass is 35.5. The Bertz CT molecular complexity index is 1060. The predicted molar refractivity (Wildman–Crippen MR) is 105 cm³/mol. The second kappa shape index (κ2) is 6.45. The SMILES string of the molecule is CC(N)CC1CN(c2ccc3c(=O)n(N)c(=O)n(C4CC4)c3c2Cl)CC1(F)F. The molecular formula is C18H22ClF2N5O2. The fourth-order valence-corrected chi connectivity index (χ4v) is 4.41. The first-order valence-electron chi connectivity index (χ1n) is 9.25. The predicted octanol–water partition coefficient (Wildman–Crippen LogP) is 1.67. The molecule has 0 bridgehead atoms. The van der Waals surface area contributed by atoms with Crippen LogP contribution in [0.4, 0.5) is 14.5 Å². The zero-order valence-electron chi connectivity index (χ0n) is 15.4. The van der Waals surface area contributed by atoms with E-state index in [1.807, 2.05) is 0 Å². The third-order valence-electron chi connectivity index (χ3n) is 5.55. The number of rotatable bonds is 4. The molecule has 1 aliphatic heterocycles. The van der Waals surface area contributed by atoms with E-state index in [9.17, 15) is 18.4 Å². The molecule has 1 aliphatic carbocycles. The Kier molecular flexibility index (Phi) is 4.42. The Labute approximate surface area is 164 Å². The molecule has 0 radical (unpaired) electrons. The number of alkyl halides is 2. The number of nitrogens with two attached hydrogens (primary N) is 2. The first kappa shape index (κ1) is 19.2. The lowest BCUT2D eigenvalue weighted by molar-refractivity contribution is -0.0250. The number of nitrogen functional groups attached to an aromatic ring is 1. The highest BCUT2D eigenvalue weighted by Gasteiger charge is 2.48. The van der Waals surface area contributed by atoms with Crippen molar-refractivity contribution in [1.82, 2.24) is 9.24 Å².